The Balaban J connectivity index is 1.28. The van der Waals surface area contributed by atoms with Crippen molar-refractivity contribution >= 4 is 28.5 Å². The summed E-state index contributed by atoms with van der Waals surface area (Å²) in [5.74, 6) is 0.0592. The van der Waals surface area contributed by atoms with Crippen LogP contribution in [0.4, 0.5) is 5.69 Å². The number of hydrogen-bond acceptors (Lipinski definition) is 6. The highest BCUT2D eigenvalue weighted by Gasteiger charge is 2.57. The summed E-state index contributed by atoms with van der Waals surface area (Å²) in [6, 6.07) is 14.7. The first-order chi connectivity index (χ1) is 17.8. The highest BCUT2D eigenvalue weighted by molar-refractivity contribution is 6.19. The SMILES string of the molecule is CC(=O)NC12CCC(C3=NN=C(c4ccc(-c5ccc6cc(C#N)cnn56)cc4NC(C)C)C3)(CC1)C2. The van der Waals surface area contributed by atoms with Gasteiger partial charge in [0.1, 0.15) is 6.07 Å². The Hall–Kier alpha value is -3.99. The van der Waals surface area contributed by atoms with Gasteiger partial charge in [0, 0.05) is 47.2 Å². The molecule has 1 aromatic carbocycles. The lowest BCUT2D eigenvalue weighted by Gasteiger charge is -2.28. The standard InChI is InChI=1S/C29H31N7O/c1-18(2)32-24-13-21(26-7-5-22-12-20(15-30)16-31-36(22)26)4-6-23(24)25-14-27(35-34-25)28-8-10-29(17-28,11-9-28)33-19(3)37/h4-7,12-13,16,18,32H,8-11,14,17H2,1-3H3,(H,33,37). The summed E-state index contributed by atoms with van der Waals surface area (Å²) in [6.45, 7) is 5.87. The van der Waals surface area contributed by atoms with Gasteiger partial charge in [-0.3, -0.25) is 4.79 Å². The molecule has 6 rings (SSSR count). The van der Waals surface area contributed by atoms with Crippen molar-refractivity contribution in [3.8, 4) is 17.3 Å². The summed E-state index contributed by atoms with van der Waals surface area (Å²) in [5.41, 5.74) is 7.67. The van der Waals surface area contributed by atoms with Gasteiger partial charge in [-0.25, -0.2) is 4.52 Å². The molecule has 3 aliphatic rings. The molecule has 3 heterocycles. The van der Waals surface area contributed by atoms with Crippen molar-refractivity contribution in [3.05, 3.63) is 53.7 Å². The van der Waals surface area contributed by atoms with Gasteiger partial charge in [0.2, 0.25) is 5.91 Å². The van der Waals surface area contributed by atoms with Crippen LogP contribution in [0.25, 0.3) is 16.8 Å². The third kappa shape index (κ3) is 3.99. The number of benzene rings is 1. The molecule has 3 aromatic rings. The van der Waals surface area contributed by atoms with E-state index in [1.807, 2.05) is 22.7 Å². The summed E-state index contributed by atoms with van der Waals surface area (Å²) < 4.78 is 1.87. The molecule has 0 spiro atoms. The monoisotopic (exact) mass is 493 g/mol. The van der Waals surface area contributed by atoms with Gasteiger partial charge in [0.15, 0.2) is 0 Å². The van der Waals surface area contributed by atoms with Gasteiger partial charge < -0.3 is 10.6 Å². The summed E-state index contributed by atoms with van der Waals surface area (Å²) in [6.07, 6.45) is 7.47. The topological polar surface area (TPSA) is 107 Å². The molecule has 2 N–H and O–H groups in total. The molecule has 2 fully saturated rings. The maximum atomic E-state index is 11.8. The van der Waals surface area contributed by atoms with E-state index in [1.165, 1.54) is 5.71 Å². The lowest BCUT2D eigenvalue weighted by atomic mass is 9.77. The Bertz CT molecular complexity index is 1510. The Kier molecular flexibility index (Phi) is 5.41. The van der Waals surface area contributed by atoms with Gasteiger partial charge >= 0.3 is 0 Å². The van der Waals surface area contributed by atoms with E-state index in [9.17, 15) is 10.1 Å². The van der Waals surface area contributed by atoms with Crippen LogP contribution >= 0.6 is 0 Å². The number of carbonyl (C=O) groups excluding carboxylic acids is 1. The van der Waals surface area contributed by atoms with Crippen LogP contribution in [0, 0.1) is 16.7 Å². The highest BCUT2D eigenvalue weighted by atomic mass is 16.1. The zero-order valence-electron chi connectivity index (χ0n) is 21.5. The van der Waals surface area contributed by atoms with Crippen LogP contribution in [0.1, 0.15) is 70.4 Å². The van der Waals surface area contributed by atoms with Gasteiger partial charge in [0.05, 0.1) is 34.4 Å². The lowest BCUT2D eigenvalue weighted by Crippen LogP contribution is -2.43. The van der Waals surface area contributed by atoms with Crippen LogP contribution in [0.5, 0.6) is 0 Å². The normalized spacial score (nSPS) is 24.3. The quantitative estimate of drug-likeness (QED) is 0.499. The molecule has 2 saturated carbocycles. The first-order valence-electron chi connectivity index (χ1n) is 13.0. The van der Waals surface area contributed by atoms with E-state index < -0.39 is 0 Å². The number of hydrogen-bond donors (Lipinski definition) is 2. The third-order valence-electron chi connectivity index (χ3n) is 8.22. The molecule has 2 aliphatic carbocycles. The number of rotatable bonds is 6. The van der Waals surface area contributed by atoms with Crippen LogP contribution in [0.3, 0.4) is 0 Å². The van der Waals surface area contributed by atoms with Gasteiger partial charge in [-0.2, -0.15) is 20.6 Å². The van der Waals surface area contributed by atoms with E-state index >= 15 is 0 Å². The fourth-order valence-corrected chi connectivity index (χ4v) is 6.60. The second-order valence-electron chi connectivity index (χ2n) is 11.2. The number of carbonyl (C=O) groups is 1. The van der Waals surface area contributed by atoms with Gasteiger partial charge in [-0.15, -0.1) is 0 Å². The number of nitrogens with zero attached hydrogens (tertiary/aromatic N) is 5. The summed E-state index contributed by atoms with van der Waals surface area (Å²) >= 11 is 0. The number of fused-ring (bicyclic) bond motifs is 3. The van der Waals surface area contributed by atoms with E-state index in [1.54, 1.807) is 13.1 Å². The molecule has 2 bridgehead atoms. The minimum atomic E-state index is -0.0644. The molecule has 8 nitrogen and oxygen atoms in total. The van der Waals surface area contributed by atoms with E-state index in [0.29, 0.717) is 5.56 Å². The number of amides is 1. The highest BCUT2D eigenvalue weighted by Crippen LogP contribution is 2.58. The molecule has 8 heteroatoms. The molecular weight excluding hydrogens is 462 g/mol. The van der Waals surface area contributed by atoms with Crippen molar-refractivity contribution in [1.29, 1.82) is 5.26 Å². The molecule has 0 atom stereocenters. The number of anilines is 1. The number of nitriles is 1. The maximum absolute atomic E-state index is 11.8. The van der Waals surface area contributed by atoms with Crippen molar-refractivity contribution in [2.75, 3.05) is 5.32 Å². The first kappa shape index (κ1) is 23.4. The van der Waals surface area contributed by atoms with E-state index in [2.05, 4.69) is 58.9 Å². The summed E-state index contributed by atoms with van der Waals surface area (Å²) in [4.78, 5) is 11.8. The molecule has 1 aliphatic heterocycles. The second-order valence-corrected chi connectivity index (χ2v) is 11.2. The molecule has 0 unspecified atom stereocenters. The van der Waals surface area contributed by atoms with Crippen molar-refractivity contribution < 1.29 is 4.79 Å². The van der Waals surface area contributed by atoms with Crippen molar-refractivity contribution in [2.45, 2.75) is 70.9 Å². The lowest BCUT2D eigenvalue weighted by molar-refractivity contribution is -0.120. The summed E-state index contributed by atoms with van der Waals surface area (Å²) in [5, 5.41) is 30.0. The Morgan fingerprint density at radius 3 is 2.65 bits per heavy atom. The van der Waals surface area contributed by atoms with Gasteiger partial charge in [0.25, 0.3) is 0 Å². The van der Waals surface area contributed by atoms with Crippen LogP contribution < -0.4 is 10.6 Å². The molecule has 0 saturated heterocycles. The molecule has 1 amide bonds. The van der Waals surface area contributed by atoms with E-state index in [-0.39, 0.29) is 22.9 Å². The fourth-order valence-electron chi connectivity index (χ4n) is 6.60. The zero-order chi connectivity index (χ0) is 25.8. The predicted octanol–water partition coefficient (Wildman–Crippen LogP) is 5.08. The predicted molar refractivity (Wildman–Crippen MR) is 145 cm³/mol. The molecule has 2 aromatic heterocycles. The minimum Gasteiger partial charge on any atom is -0.382 e. The smallest absolute Gasteiger partial charge is 0.217 e. The number of nitrogens with one attached hydrogen (secondary N) is 2. The summed E-state index contributed by atoms with van der Waals surface area (Å²) in [7, 11) is 0. The Labute approximate surface area is 216 Å². The Morgan fingerprint density at radius 1 is 1.11 bits per heavy atom. The van der Waals surface area contributed by atoms with Crippen molar-refractivity contribution in [3.63, 3.8) is 0 Å². The molecular formula is C29H31N7O. The zero-order valence-corrected chi connectivity index (χ0v) is 21.5. The third-order valence-corrected chi connectivity index (χ3v) is 8.22. The first-order valence-corrected chi connectivity index (χ1v) is 13.0. The van der Waals surface area contributed by atoms with E-state index in [4.69, 9.17) is 5.10 Å². The fraction of sp³-hybridized carbons (Fsp3) is 0.414. The van der Waals surface area contributed by atoms with Crippen LogP contribution in [-0.4, -0.2) is 38.5 Å². The van der Waals surface area contributed by atoms with Crippen molar-refractivity contribution in [1.82, 2.24) is 14.9 Å². The van der Waals surface area contributed by atoms with Gasteiger partial charge in [-0.1, -0.05) is 12.1 Å². The van der Waals surface area contributed by atoms with Gasteiger partial charge in [-0.05, 0) is 70.2 Å². The second kappa shape index (κ2) is 8.55. The maximum Gasteiger partial charge on any atom is 0.217 e. The average molecular weight is 494 g/mol. The Morgan fingerprint density at radius 2 is 1.92 bits per heavy atom. The largest absolute Gasteiger partial charge is 0.382 e. The molecule has 37 heavy (non-hydrogen) atoms. The van der Waals surface area contributed by atoms with E-state index in [0.717, 1.165) is 72.3 Å². The van der Waals surface area contributed by atoms with Crippen LogP contribution in [-0.2, 0) is 4.79 Å². The molecule has 188 valence electrons. The average Bonchev–Trinajstić information content (AvgIpc) is 3.65. The molecule has 0 radical (unpaired) electrons. The van der Waals surface area contributed by atoms with Crippen LogP contribution in [0.15, 0.2) is 52.8 Å². The minimum absolute atomic E-state index is 0.0536. The van der Waals surface area contributed by atoms with Crippen LogP contribution in [0.2, 0.25) is 0 Å². The number of aromatic nitrogens is 2. The van der Waals surface area contributed by atoms with Crippen molar-refractivity contribution in [2.24, 2.45) is 15.6 Å².